The van der Waals surface area contributed by atoms with Crippen LogP contribution in [-0.4, -0.2) is 39.5 Å². The van der Waals surface area contributed by atoms with Crippen LogP contribution in [0.2, 0.25) is 0 Å². The zero-order valence-electron chi connectivity index (χ0n) is 13.2. The van der Waals surface area contributed by atoms with E-state index in [4.69, 9.17) is 15.3 Å². The minimum Gasteiger partial charge on any atom is -0.459 e. The zero-order chi connectivity index (χ0) is 17.6. The van der Waals surface area contributed by atoms with Crippen LogP contribution in [0.15, 0.2) is 0 Å². The normalized spacial score (nSPS) is 16.9. The molecule has 132 valence electrons. The van der Waals surface area contributed by atoms with Crippen LogP contribution in [-0.2, 0) is 19.3 Å². The van der Waals surface area contributed by atoms with Gasteiger partial charge in [0.05, 0.1) is 0 Å². The summed E-state index contributed by atoms with van der Waals surface area (Å²) >= 11 is 0. The van der Waals surface area contributed by atoms with E-state index in [0.29, 0.717) is 6.42 Å². The summed E-state index contributed by atoms with van der Waals surface area (Å²) in [4.78, 5) is 11.7. The molecule has 5 nitrogen and oxygen atoms in total. The molecule has 0 aromatic rings. The molecule has 0 bridgehead atoms. The topological polar surface area (TPSA) is 93.2 Å². The minimum absolute atomic E-state index is 0.0486. The standard InChI is InChI=1S/C13H25F3N2O3S/c1-4-12(2,3)21-11(19)10(17)6-9-22(18,20)8-5-7-13(14,15)16/h10,18H,4-9,17H2,1-3H3/t10-,22?/m0/s1. The number of hydrogen-bond donors (Lipinski definition) is 2. The van der Waals surface area contributed by atoms with Crippen molar-refractivity contribution in [2.24, 2.45) is 5.73 Å². The van der Waals surface area contributed by atoms with Gasteiger partial charge in [-0.25, -0.2) is 4.21 Å². The molecule has 0 saturated carbocycles. The predicted octanol–water partition coefficient (Wildman–Crippen LogP) is 2.82. The molecule has 0 aromatic carbocycles. The van der Waals surface area contributed by atoms with E-state index in [1.807, 2.05) is 6.92 Å². The fourth-order valence-corrected chi connectivity index (χ4v) is 2.91. The molecule has 22 heavy (non-hydrogen) atoms. The van der Waals surface area contributed by atoms with Crippen molar-refractivity contribution in [3.63, 3.8) is 0 Å². The number of carbonyl (C=O) groups is 1. The Morgan fingerprint density at radius 1 is 1.32 bits per heavy atom. The molecule has 0 amide bonds. The summed E-state index contributed by atoms with van der Waals surface area (Å²) in [5.74, 6) is -1.22. The second-order valence-corrected chi connectivity index (χ2v) is 8.31. The van der Waals surface area contributed by atoms with Gasteiger partial charge < -0.3 is 10.5 Å². The number of carbonyl (C=O) groups excluding carboxylic acids is 1. The Balaban J connectivity index is 4.27. The van der Waals surface area contributed by atoms with E-state index >= 15 is 0 Å². The van der Waals surface area contributed by atoms with Crippen molar-refractivity contribution in [1.29, 1.82) is 4.78 Å². The maximum absolute atomic E-state index is 12.0. The number of hydrogen-bond acceptors (Lipinski definition) is 5. The number of rotatable bonds is 9. The average Bonchev–Trinajstić information content (AvgIpc) is 2.33. The first-order valence-corrected chi connectivity index (χ1v) is 8.97. The highest BCUT2D eigenvalue weighted by Crippen LogP contribution is 2.22. The summed E-state index contributed by atoms with van der Waals surface area (Å²) in [5.41, 5.74) is 4.96. The number of alkyl halides is 3. The highest BCUT2D eigenvalue weighted by molar-refractivity contribution is 7.92. The smallest absolute Gasteiger partial charge is 0.389 e. The molecule has 0 aliphatic heterocycles. The third-order valence-electron chi connectivity index (χ3n) is 3.22. The van der Waals surface area contributed by atoms with Crippen molar-refractivity contribution >= 4 is 15.7 Å². The van der Waals surface area contributed by atoms with Gasteiger partial charge in [0.1, 0.15) is 11.6 Å². The van der Waals surface area contributed by atoms with Gasteiger partial charge in [-0.3, -0.25) is 9.57 Å². The van der Waals surface area contributed by atoms with Gasteiger partial charge in [0.2, 0.25) is 0 Å². The highest BCUT2D eigenvalue weighted by Gasteiger charge is 2.28. The van der Waals surface area contributed by atoms with E-state index in [9.17, 15) is 22.2 Å². The van der Waals surface area contributed by atoms with Crippen molar-refractivity contribution in [1.82, 2.24) is 0 Å². The number of halogens is 3. The molecule has 0 fully saturated rings. The van der Waals surface area contributed by atoms with Crippen molar-refractivity contribution in [2.75, 3.05) is 11.5 Å². The molecule has 2 atom stereocenters. The third-order valence-corrected chi connectivity index (χ3v) is 5.07. The second-order valence-electron chi connectivity index (χ2n) is 5.87. The molecule has 0 rings (SSSR count). The van der Waals surface area contributed by atoms with E-state index in [2.05, 4.69) is 0 Å². The van der Waals surface area contributed by atoms with E-state index in [0.717, 1.165) is 0 Å². The van der Waals surface area contributed by atoms with Crippen LogP contribution in [0.5, 0.6) is 0 Å². The number of ether oxygens (including phenoxy) is 1. The molecule has 0 radical (unpaired) electrons. The second kappa shape index (κ2) is 8.14. The largest absolute Gasteiger partial charge is 0.459 e. The Kier molecular flexibility index (Phi) is 7.84. The predicted molar refractivity (Wildman–Crippen MR) is 78.9 cm³/mol. The molecule has 3 N–H and O–H groups in total. The lowest BCUT2D eigenvalue weighted by Crippen LogP contribution is -2.39. The lowest BCUT2D eigenvalue weighted by Gasteiger charge is -2.25. The van der Waals surface area contributed by atoms with Crippen LogP contribution in [0.25, 0.3) is 0 Å². The monoisotopic (exact) mass is 346 g/mol. The molecule has 9 heteroatoms. The molecule has 0 aromatic heterocycles. The molecule has 0 spiro atoms. The van der Waals surface area contributed by atoms with Gasteiger partial charge in [0.15, 0.2) is 0 Å². The van der Waals surface area contributed by atoms with Crippen LogP contribution in [0.1, 0.15) is 46.5 Å². The summed E-state index contributed by atoms with van der Waals surface area (Å²) in [7, 11) is -3.17. The summed E-state index contributed by atoms with van der Waals surface area (Å²) in [6.45, 7) is 5.29. The fraction of sp³-hybridized carbons (Fsp3) is 0.923. The van der Waals surface area contributed by atoms with Gasteiger partial charge in [-0.05, 0) is 33.1 Å². The van der Waals surface area contributed by atoms with Crippen molar-refractivity contribution in [2.45, 2.75) is 64.3 Å². The van der Waals surface area contributed by atoms with Crippen LogP contribution >= 0.6 is 0 Å². The van der Waals surface area contributed by atoms with Crippen molar-refractivity contribution < 1.29 is 26.9 Å². The summed E-state index contributed by atoms with van der Waals surface area (Å²) in [6, 6.07) is -1.03. The molecule has 0 saturated heterocycles. The van der Waals surface area contributed by atoms with Gasteiger partial charge in [-0.15, -0.1) is 0 Å². The van der Waals surface area contributed by atoms with E-state index < -0.39 is 39.9 Å². The lowest BCUT2D eigenvalue weighted by molar-refractivity contribution is -0.158. The van der Waals surface area contributed by atoms with E-state index in [1.165, 1.54) is 0 Å². The van der Waals surface area contributed by atoms with Gasteiger partial charge in [-0.1, -0.05) is 6.92 Å². The number of esters is 1. The molecular weight excluding hydrogens is 321 g/mol. The highest BCUT2D eigenvalue weighted by atomic mass is 32.2. The molecule has 0 heterocycles. The Labute approximate surface area is 129 Å². The van der Waals surface area contributed by atoms with Crippen LogP contribution < -0.4 is 5.73 Å². The lowest BCUT2D eigenvalue weighted by atomic mass is 10.1. The molecule has 1 unspecified atom stereocenters. The number of nitrogens with one attached hydrogen (secondary N) is 1. The third kappa shape index (κ3) is 9.99. The fourth-order valence-electron chi connectivity index (χ4n) is 1.46. The SMILES string of the molecule is CCC(C)(C)OC(=O)[C@@H](N)CCS(=N)(=O)CCCC(F)(F)F. The van der Waals surface area contributed by atoms with Gasteiger partial charge >= 0.3 is 12.1 Å². The Morgan fingerprint density at radius 2 is 1.86 bits per heavy atom. The van der Waals surface area contributed by atoms with Gasteiger partial charge in [-0.2, -0.15) is 13.2 Å². The minimum atomic E-state index is -4.32. The molecule has 0 aliphatic rings. The van der Waals surface area contributed by atoms with E-state index in [1.54, 1.807) is 13.8 Å². The van der Waals surface area contributed by atoms with Gasteiger partial charge in [0, 0.05) is 27.7 Å². The average molecular weight is 346 g/mol. The first-order chi connectivity index (χ1) is 9.78. The van der Waals surface area contributed by atoms with Crippen LogP contribution in [0.3, 0.4) is 0 Å². The Morgan fingerprint density at radius 3 is 2.32 bits per heavy atom. The summed E-state index contributed by atoms with van der Waals surface area (Å²) in [6.07, 6.45) is -5.21. The quantitative estimate of drug-likeness (QED) is 0.628. The van der Waals surface area contributed by atoms with Crippen molar-refractivity contribution in [3.8, 4) is 0 Å². The molecule has 0 aliphatic carbocycles. The van der Waals surface area contributed by atoms with Gasteiger partial charge in [0.25, 0.3) is 0 Å². The first-order valence-electron chi connectivity index (χ1n) is 7.07. The molecular formula is C13H25F3N2O3S. The Hall–Kier alpha value is -0.830. The first kappa shape index (κ1) is 21.2. The van der Waals surface area contributed by atoms with E-state index in [-0.39, 0.29) is 24.3 Å². The maximum Gasteiger partial charge on any atom is 0.389 e. The van der Waals surface area contributed by atoms with Crippen molar-refractivity contribution in [3.05, 3.63) is 0 Å². The summed E-state index contributed by atoms with van der Waals surface area (Å²) < 4.78 is 60.6. The zero-order valence-corrected chi connectivity index (χ0v) is 14.0. The maximum atomic E-state index is 12.0. The van der Waals surface area contributed by atoms with Crippen LogP contribution in [0.4, 0.5) is 13.2 Å². The van der Waals surface area contributed by atoms with Crippen LogP contribution in [0, 0.1) is 4.78 Å². The Bertz CT molecular complexity index is 462. The number of nitrogens with two attached hydrogens (primary N) is 1. The summed E-state index contributed by atoms with van der Waals surface area (Å²) in [5, 5.41) is 0.